The van der Waals surface area contributed by atoms with Gasteiger partial charge in [-0.3, -0.25) is 0 Å². The van der Waals surface area contributed by atoms with Crippen molar-refractivity contribution in [2.45, 2.75) is 41.0 Å². The van der Waals surface area contributed by atoms with Crippen molar-refractivity contribution >= 4 is 5.57 Å². The number of benzene rings is 1. The van der Waals surface area contributed by atoms with Crippen LogP contribution in [0.4, 0.5) is 4.39 Å². The normalized spacial score (nSPS) is 10.9. The zero-order valence-corrected chi connectivity index (χ0v) is 11.8. The second-order valence-corrected chi connectivity index (χ2v) is 3.70. The maximum Gasteiger partial charge on any atom is 0.116 e. The van der Waals surface area contributed by atoms with E-state index in [-0.39, 0.29) is 17.1 Å². The summed E-state index contributed by atoms with van der Waals surface area (Å²) in [5, 5.41) is 9.48. The Morgan fingerprint density at radius 2 is 1.94 bits per heavy atom. The number of aromatic hydroxyl groups is 1. The molecule has 0 unspecified atom stereocenters. The Kier molecular flexibility index (Phi) is 6.82. The van der Waals surface area contributed by atoms with Crippen LogP contribution < -0.4 is 0 Å². The molecule has 1 N–H and O–H groups in total. The predicted molar refractivity (Wildman–Crippen MR) is 76.1 cm³/mol. The van der Waals surface area contributed by atoms with E-state index >= 15 is 0 Å². The molecule has 0 saturated carbocycles. The summed E-state index contributed by atoms with van der Waals surface area (Å²) in [6.45, 7) is 9.11. The zero-order valence-electron chi connectivity index (χ0n) is 11.8. The minimum Gasteiger partial charge on any atom is -0.508 e. The van der Waals surface area contributed by atoms with Crippen molar-refractivity contribution in [1.82, 2.24) is 0 Å². The van der Waals surface area contributed by atoms with Gasteiger partial charge in [0.2, 0.25) is 0 Å². The first-order valence-electron chi connectivity index (χ1n) is 6.17. The molecule has 0 aliphatic heterocycles. The highest BCUT2D eigenvalue weighted by molar-refractivity contribution is 5.83. The first-order valence-corrected chi connectivity index (χ1v) is 6.17. The maximum atomic E-state index is 13.3. The van der Waals surface area contributed by atoms with E-state index in [1.54, 1.807) is 12.1 Å². The number of phenols is 1. The SMILES string of the molecule is C#C/C(=C(/C)F)c1c(C)cc(O)cc1CC.CC. The lowest BCUT2D eigenvalue weighted by Gasteiger charge is -2.12. The Hall–Kier alpha value is -1.75. The quantitative estimate of drug-likeness (QED) is 0.757. The molecular formula is C16H21FO. The fourth-order valence-corrected chi connectivity index (χ4v) is 1.82. The van der Waals surface area contributed by atoms with Crippen LogP contribution in [0, 0.1) is 19.3 Å². The van der Waals surface area contributed by atoms with Gasteiger partial charge in [0.15, 0.2) is 0 Å². The highest BCUT2D eigenvalue weighted by atomic mass is 19.1. The average molecular weight is 248 g/mol. The Labute approximate surface area is 109 Å². The van der Waals surface area contributed by atoms with Crippen molar-refractivity contribution < 1.29 is 9.50 Å². The molecule has 1 aromatic carbocycles. The second-order valence-electron chi connectivity index (χ2n) is 3.70. The van der Waals surface area contributed by atoms with E-state index in [4.69, 9.17) is 6.42 Å². The Balaban J connectivity index is 0.00000137. The number of terminal acetylenes is 1. The van der Waals surface area contributed by atoms with Gasteiger partial charge in [-0.15, -0.1) is 6.42 Å². The maximum absolute atomic E-state index is 13.3. The molecule has 0 aromatic heterocycles. The number of aryl methyl sites for hydroxylation is 2. The summed E-state index contributed by atoms with van der Waals surface area (Å²) in [5.74, 6) is 2.19. The number of allylic oxidation sites excluding steroid dienone is 2. The number of hydrogen-bond acceptors (Lipinski definition) is 1. The third kappa shape index (κ3) is 3.63. The van der Waals surface area contributed by atoms with E-state index in [0.717, 1.165) is 16.7 Å². The van der Waals surface area contributed by atoms with Gasteiger partial charge in [-0.05, 0) is 49.1 Å². The molecule has 0 heterocycles. The molecule has 0 aliphatic rings. The molecule has 1 rings (SSSR count). The van der Waals surface area contributed by atoms with Gasteiger partial charge < -0.3 is 5.11 Å². The van der Waals surface area contributed by atoms with Gasteiger partial charge in [-0.25, -0.2) is 4.39 Å². The molecule has 0 spiro atoms. The van der Waals surface area contributed by atoms with E-state index < -0.39 is 0 Å². The van der Waals surface area contributed by atoms with Crippen molar-refractivity contribution in [3.8, 4) is 18.1 Å². The van der Waals surface area contributed by atoms with Crippen molar-refractivity contribution in [2.75, 3.05) is 0 Å². The lowest BCUT2D eigenvalue weighted by molar-refractivity contribution is 0.474. The third-order valence-electron chi connectivity index (χ3n) is 2.52. The number of halogens is 1. The summed E-state index contributed by atoms with van der Waals surface area (Å²) in [6, 6.07) is 3.22. The topological polar surface area (TPSA) is 20.2 Å². The lowest BCUT2D eigenvalue weighted by atomic mass is 9.93. The van der Waals surface area contributed by atoms with Gasteiger partial charge in [-0.1, -0.05) is 26.7 Å². The van der Waals surface area contributed by atoms with E-state index in [0.29, 0.717) is 6.42 Å². The monoisotopic (exact) mass is 248 g/mol. The van der Waals surface area contributed by atoms with Crippen LogP contribution >= 0.6 is 0 Å². The average Bonchev–Trinajstić information content (AvgIpc) is 2.34. The van der Waals surface area contributed by atoms with E-state index in [1.165, 1.54) is 6.92 Å². The van der Waals surface area contributed by atoms with Crippen LogP contribution in [0.15, 0.2) is 18.0 Å². The molecule has 0 saturated heterocycles. The van der Waals surface area contributed by atoms with Gasteiger partial charge >= 0.3 is 0 Å². The first kappa shape index (κ1) is 16.2. The molecule has 0 atom stereocenters. The minimum absolute atomic E-state index is 0.186. The minimum atomic E-state index is -0.369. The highest BCUT2D eigenvalue weighted by Gasteiger charge is 2.12. The fraction of sp³-hybridized carbons (Fsp3) is 0.375. The van der Waals surface area contributed by atoms with Gasteiger partial charge in [0.1, 0.15) is 11.6 Å². The van der Waals surface area contributed by atoms with Crippen molar-refractivity contribution in [2.24, 2.45) is 0 Å². The van der Waals surface area contributed by atoms with Crippen LogP contribution in [0.2, 0.25) is 0 Å². The Morgan fingerprint density at radius 1 is 1.39 bits per heavy atom. The summed E-state index contributed by atoms with van der Waals surface area (Å²) in [6.07, 6.45) is 6.02. The van der Waals surface area contributed by atoms with Crippen molar-refractivity contribution in [3.63, 3.8) is 0 Å². The molecule has 0 aliphatic carbocycles. The molecule has 0 radical (unpaired) electrons. The number of phenolic OH excluding ortho intramolecular Hbond substituents is 1. The van der Waals surface area contributed by atoms with Gasteiger partial charge in [0.25, 0.3) is 0 Å². The number of hydrogen-bond donors (Lipinski definition) is 1. The molecule has 18 heavy (non-hydrogen) atoms. The smallest absolute Gasteiger partial charge is 0.116 e. The lowest BCUT2D eigenvalue weighted by Crippen LogP contribution is -1.96. The van der Waals surface area contributed by atoms with E-state index in [1.807, 2.05) is 27.7 Å². The van der Waals surface area contributed by atoms with Crippen LogP contribution in [0.5, 0.6) is 5.75 Å². The van der Waals surface area contributed by atoms with Gasteiger partial charge in [0.05, 0.1) is 5.57 Å². The van der Waals surface area contributed by atoms with Crippen molar-refractivity contribution in [3.05, 3.63) is 34.6 Å². The largest absolute Gasteiger partial charge is 0.508 e. The Bertz CT molecular complexity index is 475. The Morgan fingerprint density at radius 3 is 2.33 bits per heavy atom. The summed E-state index contributed by atoms with van der Waals surface area (Å²) in [4.78, 5) is 0. The molecular weight excluding hydrogens is 227 g/mol. The molecule has 2 heteroatoms. The highest BCUT2D eigenvalue weighted by Crippen LogP contribution is 2.29. The summed E-state index contributed by atoms with van der Waals surface area (Å²) < 4.78 is 13.3. The van der Waals surface area contributed by atoms with Gasteiger partial charge in [-0.2, -0.15) is 0 Å². The summed E-state index contributed by atoms with van der Waals surface area (Å²) in [5.41, 5.74) is 2.65. The fourth-order valence-electron chi connectivity index (χ4n) is 1.82. The van der Waals surface area contributed by atoms with Crippen LogP contribution in [0.3, 0.4) is 0 Å². The standard InChI is InChI=1S/C14H15FO.C2H6/c1-5-11-8-12(16)7-9(3)14(11)13(6-2)10(4)15;1-2/h2,7-8,16H,5H2,1,3-4H3;1-2H3/b13-10+;. The van der Waals surface area contributed by atoms with Crippen LogP contribution in [0.1, 0.15) is 44.4 Å². The molecule has 0 fully saturated rings. The molecule has 1 aromatic rings. The van der Waals surface area contributed by atoms with Crippen molar-refractivity contribution in [1.29, 1.82) is 0 Å². The summed E-state index contributed by atoms with van der Waals surface area (Å²) in [7, 11) is 0. The second kappa shape index (κ2) is 7.55. The first-order chi connectivity index (χ1) is 8.51. The molecule has 0 amide bonds. The van der Waals surface area contributed by atoms with Gasteiger partial charge in [0, 0.05) is 0 Å². The zero-order chi connectivity index (χ0) is 14.3. The number of rotatable bonds is 2. The molecule has 0 bridgehead atoms. The van der Waals surface area contributed by atoms with Crippen LogP contribution in [0.25, 0.3) is 5.57 Å². The molecule has 1 nitrogen and oxygen atoms in total. The summed E-state index contributed by atoms with van der Waals surface area (Å²) >= 11 is 0. The third-order valence-corrected chi connectivity index (χ3v) is 2.52. The predicted octanol–water partition coefficient (Wildman–Crippen LogP) is 4.62. The van der Waals surface area contributed by atoms with E-state index in [9.17, 15) is 9.50 Å². The van der Waals surface area contributed by atoms with Crippen LogP contribution in [-0.2, 0) is 6.42 Å². The van der Waals surface area contributed by atoms with Crippen LogP contribution in [-0.4, -0.2) is 5.11 Å². The molecule has 98 valence electrons. The van der Waals surface area contributed by atoms with E-state index in [2.05, 4.69) is 5.92 Å².